The van der Waals surface area contributed by atoms with Crippen molar-refractivity contribution in [2.24, 2.45) is 0 Å². The molecule has 0 aliphatic rings. The molecule has 0 atom stereocenters. The van der Waals surface area contributed by atoms with E-state index in [9.17, 15) is 4.79 Å². The first kappa shape index (κ1) is 12.3. The van der Waals surface area contributed by atoms with Gasteiger partial charge >= 0.3 is 5.97 Å². The van der Waals surface area contributed by atoms with E-state index >= 15 is 0 Å². The second-order valence-electron chi connectivity index (χ2n) is 3.87. The van der Waals surface area contributed by atoms with E-state index < -0.39 is 5.97 Å². The van der Waals surface area contributed by atoms with Gasteiger partial charge in [0.15, 0.2) is 5.76 Å². The fraction of sp³-hybridized carbons (Fsp3) is 0.364. The quantitative estimate of drug-likeness (QED) is 0.825. The van der Waals surface area contributed by atoms with E-state index in [1.807, 2.05) is 0 Å². The molecule has 7 nitrogen and oxygen atoms in total. The van der Waals surface area contributed by atoms with Crippen LogP contribution in [0.2, 0.25) is 0 Å². The Hall–Kier alpha value is -2.15. The summed E-state index contributed by atoms with van der Waals surface area (Å²) >= 11 is 0. The molecule has 0 unspecified atom stereocenters. The average molecular weight is 251 g/mol. The minimum Gasteiger partial charge on any atom is -0.481 e. The normalized spacial score (nSPS) is 11.0. The molecule has 0 saturated carbocycles. The monoisotopic (exact) mass is 251 g/mol. The van der Waals surface area contributed by atoms with Crippen molar-refractivity contribution in [2.45, 2.75) is 13.0 Å². The molecule has 1 N–H and O–H groups in total. The predicted octanol–water partition coefficient (Wildman–Crippen LogP) is 1.24. The second kappa shape index (κ2) is 5.46. The highest BCUT2D eigenvalue weighted by Crippen LogP contribution is 2.16. The second-order valence-corrected chi connectivity index (χ2v) is 3.87. The van der Waals surface area contributed by atoms with E-state index in [0.717, 1.165) is 0 Å². The first-order chi connectivity index (χ1) is 8.65. The van der Waals surface area contributed by atoms with E-state index in [1.165, 1.54) is 6.26 Å². The molecule has 0 spiro atoms. The summed E-state index contributed by atoms with van der Waals surface area (Å²) in [5.41, 5.74) is 0. The Balaban J connectivity index is 1.92. The maximum absolute atomic E-state index is 10.4. The number of aliphatic carboxylic acids is 1. The Labute approximate surface area is 103 Å². The summed E-state index contributed by atoms with van der Waals surface area (Å²) in [5, 5.41) is 12.4. The van der Waals surface area contributed by atoms with Gasteiger partial charge in [-0.15, -0.1) is 0 Å². The SMILES string of the molecule is CN(CCC(=O)O)Cc1nc(-c2ccco2)no1. The average Bonchev–Trinajstić information content (AvgIpc) is 2.95. The van der Waals surface area contributed by atoms with Gasteiger partial charge in [-0.3, -0.25) is 9.69 Å². The Kier molecular flexibility index (Phi) is 3.73. The molecule has 2 rings (SSSR count). The van der Waals surface area contributed by atoms with Gasteiger partial charge in [0.25, 0.3) is 0 Å². The van der Waals surface area contributed by atoms with Crippen LogP contribution in [0.1, 0.15) is 12.3 Å². The Morgan fingerprint density at radius 3 is 3.06 bits per heavy atom. The highest BCUT2D eigenvalue weighted by atomic mass is 16.5. The zero-order chi connectivity index (χ0) is 13.0. The number of carbonyl (C=O) groups is 1. The molecule has 0 radical (unpaired) electrons. The molecule has 18 heavy (non-hydrogen) atoms. The van der Waals surface area contributed by atoms with Gasteiger partial charge < -0.3 is 14.0 Å². The van der Waals surface area contributed by atoms with Crippen LogP contribution in [0, 0.1) is 0 Å². The first-order valence-electron chi connectivity index (χ1n) is 5.42. The van der Waals surface area contributed by atoms with Crippen molar-refractivity contribution in [1.82, 2.24) is 15.0 Å². The van der Waals surface area contributed by atoms with Crippen LogP contribution in [0.4, 0.5) is 0 Å². The lowest BCUT2D eigenvalue weighted by Gasteiger charge is -2.11. The van der Waals surface area contributed by atoms with Gasteiger partial charge in [0, 0.05) is 6.54 Å². The molecule has 0 fully saturated rings. The molecular formula is C11H13N3O4. The third-order valence-corrected chi connectivity index (χ3v) is 2.32. The van der Waals surface area contributed by atoms with Crippen LogP contribution >= 0.6 is 0 Å². The van der Waals surface area contributed by atoms with Crippen molar-refractivity contribution in [2.75, 3.05) is 13.6 Å². The molecule has 0 aliphatic carbocycles. The van der Waals surface area contributed by atoms with E-state index in [4.69, 9.17) is 14.0 Å². The molecule has 0 bridgehead atoms. The number of aromatic nitrogens is 2. The molecule has 0 saturated heterocycles. The predicted molar refractivity (Wildman–Crippen MR) is 60.6 cm³/mol. The summed E-state index contributed by atoms with van der Waals surface area (Å²) in [4.78, 5) is 16.4. The topological polar surface area (TPSA) is 92.6 Å². The van der Waals surface area contributed by atoms with Crippen molar-refractivity contribution in [1.29, 1.82) is 0 Å². The molecular weight excluding hydrogens is 238 g/mol. The van der Waals surface area contributed by atoms with Crippen LogP contribution in [0.25, 0.3) is 11.6 Å². The summed E-state index contributed by atoms with van der Waals surface area (Å²) < 4.78 is 10.2. The third-order valence-electron chi connectivity index (χ3n) is 2.32. The zero-order valence-electron chi connectivity index (χ0n) is 9.87. The lowest BCUT2D eigenvalue weighted by molar-refractivity contribution is -0.137. The molecule has 0 aromatic carbocycles. The van der Waals surface area contributed by atoms with Crippen molar-refractivity contribution in [3.8, 4) is 11.6 Å². The van der Waals surface area contributed by atoms with Gasteiger partial charge in [-0.05, 0) is 19.2 Å². The van der Waals surface area contributed by atoms with E-state index in [2.05, 4.69) is 10.1 Å². The lowest BCUT2D eigenvalue weighted by atomic mass is 10.4. The maximum Gasteiger partial charge on any atom is 0.304 e. The molecule has 7 heteroatoms. The summed E-state index contributed by atoms with van der Waals surface area (Å²) in [6.45, 7) is 0.828. The largest absolute Gasteiger partial charge is 0.481 e. The summed E-state index contributed by atoms with van der Waals surface area (Å²) in [7, 11) is 1.79. The molecule has 2 aromatic heterocycles. The van der Waals surface area contributed by atoms with Gasteiger partial charge in [0.1, 0.15) is 0 Å². The van der Waals surface area contributed by atoms with Gasteiger partial charge in [-0.25, -0.2) is 0 Å². The first-order valence-corrected chi connectivity index (χ1v) is 5.42. The van der Waals surface area contributed by atoms with Crippen LogP contribution in [0.15, 0.2) is 27.3 Å². The van der Waals surface area contributed by atoms with Crippen LogP contribution in [0.5, 0.6) is 0 Å². The fourth-order valence-corrected chi connectivity index (χ4v) is 1.42. The highest BCUT2D eigenvalue weighted by Gasteiger charge is 2.12. The van der Waals surface area contributed by atoms with Gasteiger partial charge in [0.05, 0.1) is 19.2 Å². The Bertz CT molecular complexity index is 506. The minimum absolute atomic E-state index is 0.0790. The number of nitrogens with zero attached hydrogens (tertiary/aromatic N) is 3. The number of hydrogen-bond donors (Lipinski definition) is 1. The summed E-state index contributed by atoms with van der Waals surface area (Å²) in [6.07, 6.45) is 1.61. The summed E-state index contributed by atoms with van der Waals surface area (Å²) in [6, 6.07) is 3.48. The molecule has 2 aromatic rings. The van der Waals surface area contributed by atoms with E-state index in [1.54, 1.807) is 24.1 Å². The number of hydrogen-bond acceptors (Lipinski definition) is 6. The van der Waals surface area contributed by atoms with Crippen LogP contribution in [-0.2, 0) is 11.3 Å². The Morgan fingerprint density at radius 2 is 2.39 bits per heavy atom. The minimum atomic E-state index is -0.830. The standard InChI is InChI=1S/C11H13N3O4/c1-14(5-4-10(15)16)7-9-12-11(13-18-9)8-3-2-6-17-8/h2-3,6H,4-5,7H2,1H3,(H,15,16). The van der Waals surface area contributed by atoms with Gasteiger partial charge in [-0.2, -0.15) is 4.98 Å². The van der Waals surface area contributed by atoms with Gasteiger partial charge in [0.2, 0.25) is 11.7 Å². The van der Waals surface area contributed by atoms with Gasteiger partial charge in [-0.1, -0.05) is 5.16 Å². The number of furan rings is 1. The number of rotatable bonds is 6. The van der Waals surface area contributed by atoms with Crippen LogP contribution in [-0.4, -0.2) is 39.7 Å². The van der Waals surface area contributed by atoms with Crippen LogP contribution < -0.4 is 0 Å². The smallest absolute Gasteiger partial charge is 0.304 e. The molecule has 96 valence electrons. The zero-order valence-corrected chi connectivity index (χ0v) is 9.87. The van der Waals surface area contributed by atoms with Crippen molar-refractivity contribution >= 4 is 5.97 Å². The lowest BCUT2D eigenvalue weighted by Crippen LogP contribution is -2.21. The van der Waals surface area contributed by atoms with E-state index in [0.29, 0.717) is 30.6 Å². The highest BCUT2D eigenvalue weighted by molar-refractivity contribution is 5.66. The van der Waals surface area contributed by atoms with Crippen LogP contribution in [0.3, 0.4) is 0 Å². The summed E-state index contributed by atoms with van der Waals surface area (Å²) in [5.74, 6) is 0.526. The van der Waals surface area contributed by atoms with Crippen molar-refractivity contribution < 1.29 is 18.8 Å². The number of carboxylic acids is 1. The molecule has 2 heterocycles. The van der Waals surface area contributed by atoms with Crippen molar-refractivity contribution in [3.63, 3.8) is 0 Å². The fourth-order valence-electron chi connectivity index (χ4n) is 1.42. The number of carboxylic acid groups (broad SMARTS) is 1. The van der Waals surface area contributed by atoms with E-state index in [-0.39, 0.29) is 6.42 Å². The Morgan fingerprint density at radius 1 is 1.56 bits per heavy atom. The van der Waals surface area contributed by atoms with Crippen molar-refractivity contribution in [3.05, 3.63) is 24.3 Å². The maximum atomic E-state index is 10.4. The molecule has 0 aliphatic heterocycles. The third kappa shape index (κ3) is 3.17. The molecule has 0 amide bonds.